The number of amides is 1. The topological polar surface area (TPSA) is 159 Å². The average Bonchev–Trinajstić information content (AvgIpc) is 2.90. The molecule has 138 valence electrons. The number of nitro benzene ring substituents is 1. The van der Waals surface area contributed by atoms with Crippen molar-refractivity contribution in [1.29, 1.82) is 0 Å². The Morgan fingerprint density at radius 3 is 2.65 bits per heavy atom. The van der Waals surface area contributed by atoms with E-state index >= 15 is 0 Å². The van der Waals surface area contributed by atoms with Gasteiger partial charge in [0.05, 0.1) is 30.8 Å². The number of carboxylic acids is 1. The van der Waals surface area contributed by atoms with Gasteiger partial charge in [-0.25, -0.2) is 9.59 Å². The van der Waals surface area contributed by atoms with Gasteiger partial charge < -0.3 is 25.2 Å². The Hall–Kier alpha value is -3.47. The van der Waals surface area contributed by atoms with Crippen LogP contribution in [-0.2, 0) is 14.3 Å². The largest absolute Gasteiger partial charge is 0.477 e. The Morgan fingerprint density at radius 2 is 2.12 bits per heavy atom. The Balaban J connectivity index is 2.42. The van der Waals surface area contributed by atoms with Crippen LogP contribution in [0.2, 0.25) is 0 Å². The van der Waals surface area contributed by atoms with Crippen LogP contribution in [0.5, 0.6) is 0 Å². The van der Waals surface area contributed by atoms with Crippen LogP contribution >= 0.6 is 0 Å². The number of anilines is 1. The molecule has 0 bridgehead atoms. The highest BCUT2D eigenvalue weighted by molar-refractivity contribution is 6.08. The molecule has 0 unspecified atom stereocenters. The molecule has 1 aliphatic rings. The van der Waals surface area contributed by atoms with E-state index in [2.05, 4.69) is 10.1 Å². The number of carboxylic acid groups (broad SMARTS) is 1. The maximum Gasteiger partial charge on any atom is 0.342 e. The summed E-state index contributed by atoms with van der Waals surface area (Å²) in [6.45, 7) is -0.418. The smallest absolute Gasteiger partial charge is 0.342 e. The number of nitrogens with zero attached hydrogens (tertiary/aromatic N) is 2. The lowest BCUT2D eigenvalue weighted by Gasteiger charge is -2.15. The van der Waals surface area contributed by atoms with Crippen molar-refractivity contribution in [2.75, 3.05) is 32.1 Å². The molecule has 0 radical (unpaired) electrons. The Bertz CT molecular complexity index is 817. The van der Waals surface area contributed by atoms with Crippen LogP contribution in [0.4, 0.5) is 11.4 Å². The number of rotatable bonds is 7. The van der Waals surface area contributed by atoms with Crippen molar-refractivity contribution < 1.29 is 34.3 Å². The van der Waals surface area contributed by atoms with Crippen LogP contribution in [0.25, 0.3) is 0 Å². The molecular formula is C15H15N3O8. The van der Waals surface area contributed by atoms with E-state index in [1.54, 1.807) is 0 Å². The first-order valence-corrected chi connectivity index (χ1v) is 7.30. The summed E-state index contributed by atoms with van der Waals surface area (Å²) < 4.78 is 4.63. The van der Waals surface area contributed by atoms with Crippen LogP contribution < -0.4 is 5.32 Å². The van der Waals surface area contributed by atoms with Crippen molar-refractivity contribution in [2.45, 2.75) is 0 Å². The molecule has 11 heteroatoms. The number of aromatic carboxylic acids is 1. The van der Waals surface area contributed by atoms with E-state index in [9.17, 15) is 24.5 Å². The maximum atomic E-state index is 12.4. The van der Waals surface area contributed by atoms with Crippen molar-refractivity contribution >= 4 is 29.2 Å². The van der Waals surface area contributed by atoms with Crippen LogP contribution in [0.15, 0.2) is 29.5 Å². The van der Waals surface area contributed by atoms with Gasteiger partial charge in [0, 0.05) is 18.3 Å². The number of aliphatic hydroxyl groups is 1. The molecule has 1 aromatic rings. The number of aliphatic hydroxyl groups excluding tert-OH is 1. The van der Waals surface area contributed by atoms with Gasteiger partial charge in [-0.05, 0) is 12.1 Å². The minimum absolute atomic E-state index is 0.00378. The zero-order valence-corrected chi connectivity index (χ0v) is 13.6. The second-order valence-corrected chi connectivity index (χ2v) is 5.21. The number of hydrogen-bond donors (Lipinski definition) is 3. The second kappa shape index (κ2) is 7.61. The van der Waals surface area contributed by atoms with E-state index in [1.165, 1.54) is 11.0 Å². The summed E-state index contributed by atoms with van der Waals surface area (Å²) in [7, 11) is 1.14. The first-order valence-electron chi connectivity index (χ1n) is 7.30. The van der Waals surface area contributed by atoms with Crippen molar-refractivity contribution in [2.24, 2.45) is 0 Å². The van der Waals surface area contributed by atoms with Crippen molar-refractivity contribution in [3.63, 3.8) is 0 Å². The number of benzene rings is 1. The normalized spacial score (nSPS) is 13.8. The molecule has 0 saturated carbocycles. The monoisotopic (exact) mass is 365 g/mol. The van der Waals surface area contributed by atoms with Crippen molar-refractivity contribution in [3.05, 3.63) is 45.1 Å². The molecule has 1 aromatic carbocycles. The molecule has 1 heterocycles. The van der Waals surface area contributed by atoms with Crippen molar-refractivity contribution in [3.8, 4) is 0 Å². The van der Waals surface area contributed by atoms with E-state index in [4.69, 9.17) is 10.2 Å². The van der Waals surface area contributed by atoms with Gasteiger partial charge >= 0.3 is 11.9 Å². The summed E-state index contributed by atoms with van der Waals surface area (Å²) in [5, 5.41) is 31.7. The number of esters is 1. The maximum absolute atomic E-state index is 12.4. The zero-order chi connectivity index (χ0) is 19.4. The standard InChI is InChI=1S/C15H15N3O8/c1-26-15(23)10-7-17(4-5-19)13(20)12(10)16-8-2-3-9(14(21)22)11(6-8)18(24)25/h2-3,6,16,19H,4-5,7H2,1H3,(H,21,22). The summed E-state index contributed by atoms with van der Waals surface area (Å²) >= 11 is 0. The lowest BCUT2D eigenvalue weighted by Crippen LogP contribution is -2.31. The van der Waals surface area contributed by atoms with Gasteiger partial charge in [-0.2, -0.15) is 0 Å². The average molecular weight is 365 g/mol. The summed E-state index contributed by atoms with van der Waals surface area (Å²) in [6, 6.07) is 3.21. The third-order valence-electron chi connectivity index (χ3n) is 3.65. The number of ether oxygens (including phenoxy) is 1. The van der Waals surface area contributed by atoms with E-state index in [0.717, 1.165) is 19.2 Å². The van der Waals surface area contributed by atoms with Gasteiger partial charge in [-0.15, -0.1) is 0 Å². The molecule has 0 aromatic heterocycles. The Morgan fingerprint density at radius 1 is 1.42 bits per heavy atom. The molecule has 26 heavy (non-hydrogen) atoms. The summed E-state index contributed by atoms with van der Waals surface area (Å²) in [5.74, 6) is -2.83. The third-order valence-corrected chi connectivity index (χ3v) is 3.65. The molecule has 1 aliphatic heterocycles. The van der Waals surface area contributed by atoms with Crippen LogP contribution in [0.1, 0.15) is 10.4 Å². The molecule has 0 atom stereocenters. The number of β-amino-alcohol motifs (C(OH)–C–C–N with tert-alkyl or cyclic N) is 1. The van der Waals surface area contributed by atoms with Gasteiger partial charge in [-0.1, -0.05) is 0 Å². The number of hydrogen-bond acceptors (Lipinski definition) is 8. The molecule has 0 fully saturated rings. The van der Waals surface area contributed by atoms with E-state index in [0.29, 0.717) is 0 Å². The third kappa shape index (κ3) is 3.62. The van der Waals surface area contributed by atoms with Gasteiger partial charge in [0.25, 0.3) is 11.6 Å². The van der Waals surface area contributed by atoms with Crippen LogP contribution in [0, 0.1) is 10.1 Å². The minimum atomic E-state index is -1.47. The molecular weight excluding hydrogens is 350 g/mol. The van der Waals surface area contributed by atoms with E-state index < -0.39 is 34.0 Å². The van der Waals surface area contributed by atoms with Crippen LogP contribution in [-0.4, -0.2) is 64.7 Å². The lowest BCUT2D eigenvalue weighted by atomic mass is 10.1. The molecule has 0 aliphatic carbocycles. The number of carbonyl (C=O) groups is 3. The molecule has 0 spiro atoms. The van der Waals surface area contributed by atoms with Crippen LogP contribution in [0.3, 0.4) is 0 Å². The van der Waals surface area contributed by atoms with Gasteiger partial charge in [0.15, 0.2) is 0 Å². The number of nitro groups is 1. The molecule has 1 amide bonds. The van der Waals surface area contributed by atoms with Gasteiger partial charge in [-0.3, -0.25) is 14.9 Å². The zero-order valence-electron chi connectivity index (χ0n) is 13.6. The van der Waals surface area contributed by atoms with Crippen molar-refractivity contribution in [1.82, 2.24) is 4.90 Å². The highest BCUT2D eigenvalue weighted by atomic mass is 16.6. The second-order valence-electron chi connectivity index (χ2n) is 5.21. The lowest BCUT2D eigenvalue weighted by molar-refractivity contribution is -0.385. The fourth-order valence-electron chi connectivity index (χ4n) is 2.43. The molecule has 3 N–H and O–H groups in total. The number of carbonyl (C=O) groups excluding carboxylic acids is 2. The highest BCUT2D eigenvalue weighted by Crippen LogP contribution is 2.27. The molecule has 11 nitrogen and oxygen atoms in total. The van der Waals surface area contributed by atoms with E-state index in [1.807, 2.05) is 0 Å². The minimum Gasteiger partial charge on any atom is -0.477 e. The fourth-order valence-corrected chi connectivity index (χ4v) is 2.43. The summed E-state index contributed by atoms with van der Waals surface area (Å²) in [6.07, 6.45) is 0. The number of methoxy groups -OCH3 is 1. The highest BCUT2D eigenvalue weighted by Gasteiger charge is 2.34. The van der Waals surface area contributed by atoms with E-state index in [-0.39, 0.29) is 36.7 Å². The van der Waals surface area contributed by atoms with Gasteiger partial charge in [0.2, 0.25) is 0 Å². The first-order chi connectivity index (χ1) is 12.3. The Labute approximate surface area is 146 Å². The fraction of sp³-hybridized carbons (Fsp3) is 0.267. The number of nitrogens with one attached hydrogen (secondary N) is 1. The summed E-state index contributed by atoms with van der Waals surface area (Å²) in [4.78, 5) is 46.7. The summed E-state index contributed by atoms with van der Waals surface area (Å²) in [5.41, 5.74) is -1.28. The van der Waals surface area contributed by atoms with Gasteiger partial charge in [0.1, 0.15) is 11.3 Å². The SMILES string of the molecule is COC(=O)C1=C(Nc2ccc(C(=O)O)c([N+](=O)[O-])c2)C(=O)N(CCO)C1. The quantitative estimate of drug-likeness (QED) is 0.342. The Kier molecular flexibility index (Phi) is 5.52. The predicted octanol–water partition coefficient (Wildman–Crippen LogP) is -0.0335. The molecule has 2 rings (SSSR count). The molecule has 0 saturated heterocycles. The first kappa shape index (κ1) is 18.9. The predicted molar refractivity (Wildman–Crippen MR) is 86.4 cm³/mol.